The lowest BCUT2D eigenvalue weighted by Crippen LogP contribution is -2.09. The highest BCUT2D eigenvalue weighted by molar-refractivity contribution is 7.99. The van der Waals surface area contributed by atoms with Gasteiger partial charge in [0.25, 0.3) is 5.22 Å². The number of benzene rings is 1. The SMILES string of the molecule is NCC(Sc1ncco1)c1cccc(F)c1. The maximum Gasteiger partial charge on any atom is 0.256 e. The molecule has 0 saturated carbocycles. The van der Waals surface area contributed by atoms with E-state index in [1.54, 1.807) is 12.3 Å². The van der Waals surface area contributed by atoms with E-state index in [0.29, 0.717) is 11.8 Å². The molecule has 0 aliphatic rings. The summed E-state index contributed by atoms with van der Waals surface area (Å²) in [4.78, 5) is 4.00. The molecule has 3 nitrogen and oxygen atoms in total. The summed E-state index contributed by atoms with van der Waals surface area (Å²) >= 11 is 1.39. The van der Waals surface area contributed by atoms with Gasteiger partial charge in [-0.1, -0.05) is 23.9 Å². The van der Waals surface area contributed by atoms with Gasteiger partial charge in [0.1, 0.15) is 12.1 Å². The van der Waals surface area contributed by atoms with Crippen molar-refractivity contribution in [2.75, 3.05) is 6.54 Å². The summed E-state index contributed by atoms with van der Waals surface area (Å²) in [5, 5.41) is 0.495. The number of nitrogens with two attached hydrogens (primary N) is 1. The van der Waals surface area contributed by atoms with Gasteiger partial charge in [-0.05, 0) is 17.7 Å². The normalized spacial score (nSPS) is 12.6. The maximum absolute atomic E-state index is 13.1. The van der Waals surface area contributed by atoms with E-state index in [2.05, 4.69) is 4.98 Å². The lowest BCUT2D eigenvalue weighted by atomic mass is 10.1. The van der Waals surface area contributed by atoms with Crippen molar-refractivity contribution in [2.45, 2.75) is 10.5 Å². The Morgan fingerprint density at radius 1 is 1.50 bits per heavy atom. The number of oxazole rings is 1. The molecule has 0 aliphatic carbocycles. The topological polar surface area (TPSA) is 52.0 Å². The van der Waals surface area contributed by atoms with E-state index in [1.807, 2.05) is 6.07 Å². The van der Waals surface area contributed by atoms with Crippen LogP contribution in [0.25, 0.3) is 0 Å². The second-order valence-electron chi connectivity index (χ2n) is 3.20. The van der Waals surface area contributed by atoms with Crippen molar-refractivity contribution < 1.29 is 8.81 Å². The molecular weight excluding hydrogens is 227 g/mol. The summed E-state index contributed by atoms with van der Waals surface area (Å²) < 4.78 is 18.2. The number of nitrogens with zero attached hydrogens (tertiary/aromatic N) is 1. The molecule has 0 aliphatic heterocycles. The summed E-state index contributed by atoms with van der Waals surface area (Å²) in [6.07, 6.45) is 3.07. The highest BCUT2D eigenvalue weighted by atomic mass is 32.2. The van der Waals surface area contributed by atoms with E-state index in [4.69, 9.17) is 10.2 Å². The minimum Gasteiger partial charge on any atom is -0.440 e. The Bertz CT molecular complexity index is 447. The molecule has 2 N–H and O–H groups in total. The summed E-state index contributed by atoms with van der Waals surface area (Å²) in [7, 11) is 0. The van der Waals surface area contributed by atoms with Crippen molar-refractivity contribution in [3.63, 3.8) is 0 Å². The van der Waals surface area contributed by atoms with E-state index in [9.17, 15) is 4.39 Å². The number of thioether (sulfide) groups is 1. The molecule has 5 heteroatoms. The molecule has 1 atom stereocenters. The monoisotopic (exact) mass is 238 g/mol. The Kier molecular flexibility index (Phi) is 3.58. The van der Waals surface area contributed by atoms with Crippen molar-refractivity contribution in [3.8, 4) is 0 Å². The van der Waals surface area contributed by atoms with E-state index in [-0.39, 0.29) is 11.1 Å². The first-order valence-corrected chi connectivity index (χ1v) is 5.69. The van der Waals surface area contributed by atoms with Crippen LogP contribution in [0.1, 0.15) is 10.8 Å². The first kappa shape index (κ1) is 11.2. The maximum atomic E-state index is 13.1. The van der Waals surface area contributed by atoms with Crippen molar-refractivity contribution in [1.29, 1.82) is 0 Å². The summed E-state index contributed by atoms with van der Waals surface area (Å²) in [5.41, 5.74) is 6.50. The second-order valence-corrected chi connectivity index (χ2v) is 4.35. The first-order valence-electron chi connectivity index (χ1n) is 4.81. The van der Waals surface area contributed by atoms with Gasteiger partial charge in [0.05, 0.1) is 11.4 Å². The lowest BCUT2D eigenvalue weighted by molar-refractivity contribution is 0.453. The fourth-order valence-corrected chi connectivity index (χ4v) is 2.20. The molecule has 2 rings (SSSR count). The highest BCUT2D eigenvalue weighted by Gasteiger charge is 2.14. The summed E-state index contributed by atoms with van der Waals surface area (Å²) in [6, 6.07) is 6.40. The molecule has 1 aromatic carbocycles. The Hall–Kier alpha value is -1.33. The van der Waals surface area contributed by atoms with Gasteiger partial charge in [-0.25, -0.2) is 9.37 Å². The predicted molar refractivity (Wildman–Crippen MR) is 60.6 cm³/mol. The number of hydrogen-bond donors (Lipinski definition) is 1. The molecule has 1 heterocycles. The predicted octanol–water partition coefficient (Wildman–Crippen LogP) is 2.61. The van der Waals surface area contributed by atoms with Gasteiger partial charge in [0.15, 0.2) is 0 Å². The molecule has 0 amide bonds. The second kappa shape index (κ2) is 5.14. The summed E-state index contributed by atoms with van der Waals surface area (Å²) in [6.45, 7) is 0.399. The van der Waals surface area contributed by atoms with Gasteiger partial charge in [0.2, 0.25) is 0 Å². The van der Waals surface area contributed by atoms with E-state index in [0.717, 1.165) is 5.56 Å². The molecule has 1 aromatic heterocycles. The molecule has 1 unspecified atom stereocenters. The van der Waals surface area contributed by atoms with Crippen LogP contribution in [-0.2, 0) is 0 Å². The number of aromatic nitrogens is 1. The van der Waals surface area contributed by atoms with Gasteiger partial charge < -0.3 is 10.2 Å². The van der Waals surface area contributed by atoms with Gasteiger partial charge in [-0.15, -0.1) is 0 Å². The minimum absolute atomic E-state index is 0.0469. The van der Waals surface area contributed by atoms with Crippen LogP contribution in [0, 0.1) is 5.82 Å². The zero-order chi connectivity index (χ0) is 11.4. The van der Waals surface area contributed by atoms with Gasteiger partial charge in [0, 0.05) is 6.54 Å². The average molecular weight is 238 g/mol. The third-order valence-electron chi connectivity index (χ3n) is 2.09. The van der Waals surface area contributed by atoms with Gasteiger partial charge in [-0.2, -0.15) is 0 Å². The smallest absolute Gasteiger partial charge is 0.256 e. The fraction of sp³-hybridized carbons (Fsp3) is 0.182. The molecule has 0 saturated heterocycles. The summed E-state index contributed by atoms with van der Waals surface area (Å²) in [5.74, 6) is -0.260. The molecule has 0 fully saturated rings. The van der Waals surface area contributed by atoms with Gasteiger partial charge in [-0.3, -0.25) is 0 Å². The van der Waals surface area contributed by atoms with Crippen LogP contribution in [-0.4, -0.2) is 11.5 Å². The highest BCUT2D eigenvalue weighted by Crippen LogP contribution is 2.33. The van der Waals surface area contributed by atoms with Crippen LogP contribution >= 0.6 is 11.8 Å². The van der Waals surface area contributed by atoms with Crippen molar-refractivity contribution in [2.24, 2.45) is 5.73 Å². The van der Waals surface area contributed by atoms with E-state index in [1.165, 1.54) is 30.2 Å². The number of halogens is 1. The lowest BCUT2D eigenvalue weighted by Gasteiger charge is -2.12. The minimum atomic E-state index is -0.260. The van der Waals surface area contributed by atoms with Crippen molar-refractivity contribution in [1.82, 2.24) is 4.98 Å². The average Bonchev–Trinajstić information content (AvgIpc) is 2.78. The quantitative estimate of drug-likeness (QED) is 0.832. The molecule has 0 bridgehead atoms. The molecule has 16 heavy (non-hydrogen) atoms. The molecular formula is C11H11FN2OS. The molecule has 2 aromatic rings. The van der Waals surface area contributed by atoms with Crippen LogP contribution in [0.4, 0.5) is 4.39 Å². The number of hydrogen-bond acceptors (Lipinski definition) is 4. The van der Waals surface area contributed by atoms with Crippen LogP contribution in [0.15, 0.2) is 46.4 Å². The molecule has 0 radical (unpaired) electrons. The zero-order valence-electron chi connectivity index (χ0n) is 8.47. The first-order chi connectivity index (χ1) is 7.79. The fourth-order valence-electron chi connectivity index (χ4n) is 1.35. The molecule has 84 valence electrons. The standard InChI is InChI=1S/C11H11FN2OS/c12-9-3-1-2-8(6-9)10(7-13)16-11-14-4-5-15-11/h1-6,10H,7,13H2. The Balaban J connectivity index is 2.16. The van der Waals surface area contributed by atoms with E-state index < -0.39 is 0 Å². The Morgan fingerprint density at radius 3 is 3.00 bits per heavy atom. The Labute approximate surface area is 96.9 Å². The van der Waals surface area contributed by atoms with E-state index >= 15 is 0 Å². The van der Waals surface area contributed by atoms with Gasteiger partial charge >= 0.3 is 0 Å². The Morgan fingerprint density at radius 2 is 2.38 bits per heavy atom. The third kappa shape index (κ3) is 2.62. The zero-order valence-corrected chi connectivity index (χ0v) is 9.28. The van der Waals surface area contributed by atoms with Crippen molar-refractivity contribution >= 4 is 11.8 Å². The van der Waals surface area contributed by atoms with Crippen LogP contribution in [0.2, 0.25) is 0 Å². The molecule has 0 spiro atoms. The van der Waals surface area contributed by atoms with Crippen LogP contribution in [0.5, 0.6) is 0 Å². The third-order valence-corrected chi connectivity index (χ3v) is 3.24. The largest absolute Gasteiger partial charge is 0.440 e. The number of rotatable bonds is 4. The van der Waals surface area contributed by atoms with Crippen LogP contribution in [0.3, 0.4) is 0 Å². The van der Waals surface area contributed by atoms with Crippen LogP contribution < -0.4 is 5.73 Å². The van der Waals surface area contributed by atoms with Crippen molar-refractivity contribution in [3.05, 3.63) is 48.1 Å².